The van der Waals surface area contributed by atoms with E-state index in [1.807, 2.05) is 0 Å². The third kappa shape index (κ3) is 3.39. The average Bonchev–Trinajstić information content (AvgIpc) is 2.32. The molecule has 0 radical (unpaired) electrons. The van der Waals surface area contributed by atoms with E-state index in [1.165, 1.54) is 18.2 Å². The molecular weight excluding hydrogens is 296 g/mol. The second kappa shape index (κ2) is 5.28. The van der Waals surface area contributed by atoms with Gasteiger partial charge in [-0.25, -0.2) is 9.37 Å². The lowest BCUT2D eigenvalue weighted by atomic mass is 10.2. The van der Waals surface area contributed by atoms with Gasteiger partial charge in [0.05, 0.1) is 5.56 Å². The molecule has 2 aromatic rings. The van der Waals surface area contributed by atoms with Crippen molar-refractivity contribution in [2.24, 2.45) is 0 Å². The van der Waals surface area contributed by atoms with Gasteiger partial charge in [-0.05, 0) is 36.8 Å². The molecule has 7 heteroatoms. The van der Waals surface area contributed by atoms with Crippen LogP contribution in [0.3, 0.4) is 0 Å². The number of hydrogen-bond donors (Lipinski definition) is 1. The van der Waals surface area contributed by atoms with Gasteiger partial charge in [-0.3, -0.25) is 0 Å². The fourth-order valence-corrected chi connectivity index (χ4v) is 1.80. The van der Waals surface area contributed by atoms with Gasteiger partial charge in [0.1, 0.15) is 16.8 Å². The molecular formula is C13H9ClF4N2. The van der Waals surface area contributed by atoms with Crippen LogP contribution in [0.15, 0.2) is 30.3 Å². The van der Waals surface area contributed by atoms with Crippen LogP contribution in [0.5, 0.6) is 0 Å². The minimum Gasteiger partial charge on any atom is -0.340 e. The van der Waals surface area contributed by atoms with Gasteiger partial charge in [-0.2, -0.15) is 13.2 Å². The fraction of sp³-hybridized carbons (Fsp3) is 0.154. The number of aryl methyl sites for hydroxylation is 1. The minimum atomic E-state index is -4.53. The van der Waals surface area contributed by atoms with Gasteiger partial charge in [-0.15, -0.1) is 0 Å². The predicted octanol–water partition coefficient (Wildman–Crippen LogP) is 4.94. The number of halogens is 5. The SMILES string of the molecule is Cc1ccc(F)cc1Nc1cc(C(F)(F)F)cc(Cl)n1. The molecule has 2 rings (SSSR count). The lowest BCUT2D eigenvalue weighted by Gasteiger charge is -2.12. The minimum absolute atomic E-state index is 0.0986. The average molecular weight is 305 g/mol. The number of pyridine rings is 1. The van der Waals surface area contributed by atoms with Crippen molar-refractivity contribution in [2.75, 3.05) is 5.32 Å². The van der Waals surface area contributed by atoms with Crippen LogP contribution in [-0.4, -0.2) is 4.98 Å². The number of anilines is 2. The molecule has 0 saturated carbocycles. The molecule has 0 aliphatic heterocycles. The second-order valence-corrected chi connectivity index (χ2v) is 4.53. The van der Waals surface area contributed by atoms with Gasteiger partial charge in [0, 0.05) is 5.69 Å². The molecule has 2 nitrogen and oxygen atoms in total. The predicted molar refractivity (Wildman–Crippen MR) is 68.7 cm³/mol. The van der Waals surface area contributed by atoms with Gasteiger partial charge >= 0.3 is 6.18 Å². The molecule has 20 heavy (non-hydrogen) atoms. The molecule has 1 heterocycles. The zero-order valence-electron chi connectivity index (χ0n) is 10.2. The van der Waals surface area contributed by atoms with Crippen molar-refractivity contribution in [3.63, 3.8) is 0 Å². The lowest BCUT2D eigenvalue weighted by molar-refractivity contribution is -0.137. The van der Waals surface area contributed by atoms with Crippen LogP contribution in [0, 0.1) is 12.7 Å². The normalized spacial score (nSPS) is 11.5. The molecule has 0 fully saturated rings. The zero-order chi connectivity index (χ0) is 14.9. The highest BCUT2D eigenvalue weighted by molar-refractivity contribution is 6.29. The number of rotatable bonds is 2. The Bertz CT molecular complexity index is 641. The Morgan fingerprint density at radius 2 is 1.85 bits per heavy atom. The first kappa shape index (κ1) is 14.6. The number of nitrogens with zero attached hydrogens (tertiary/aromatic N) is 1. The lowest BCUT2D eigenvalue weighted by Crippen LogP contribution is -2.07. The standard InChI is InChI=1S/C13H9ClF4N2/c1-7-2-3-9(15)6-10(7)19-12-5-8(13(16,17)18)4-11(14)20-12/h2-6H,1H3,(H,19,20). The van der Waals surface area contributed by atoms with Crippen LogP contribution in [0.1, 0.15) is 11.1 Å². The molecule has 0 bridgehead atoms. The van der Waals surface area contributed by atoms with Crippen molar-refractivity contribution in [2.45, 2.75) is 13.1 Å². The molecule has 0 saturated heterocycles. The maximum atomic E-state index is 13.1. The highest BCUT2D eigenvalue weighted by Gasteiger charge is 2.31. The summed E-state index contributed by atoms with van der Waals surface area (Å²) in [5, 5.41) is 2.34. The summed E-state index contributed by atoms with van der Waals surface area (Å²) in [5.41, 5.74) is 0.0729. The number of benzene rings is 1. The number of aromatic nitrogens is 1. The Labute approximate surface area is 117 Å². The monoisotopic (exact) mass is 304 g/mol. The Balaban J connectivity index is 2.39. The van der Waals surface area contributed by atoms with Crippen LogP contribution < -0.4 is 5.32 Å². The molecule has 0 unspecified atom stereocenters. The molecule has 1 aromatic carbocycles. The molecule has 0 atom stereocenters. The zero-order valence-corrected chi connectivity index (χ0v) is 11.0. The summed E-state index contributed by atoms with van der Waals surface area (Å²) >= 11 is 5.57. The quantitative estimate of drug-likeness (QED) is 0.627. The van der Waals surface area contributed by atoms with Crippen molar-refractivity contribution in [3.05, 3.63) is 52.4 Å². The maximum Gasteiger partial charge on any atom is 0.416 e. The van der Waals surface area contributed by atoms with Gasteiger partial charge in [-0.1, -0.05) is 17.7 Å². The molecule has 0 spiro atoms. The Morgan fingerprint density at radius 3 is 2.50 bits per heavy atom. The van der Waals surface area contributed by atoms with E-state index in [4.69, 9.17) is 11.6 Å². The van der Waals surface area contributed by atoms with Crippen LogP contribution in [0.2, 0.25) is 5.15 Å². The van der Waals surface area contributed by atoms with E-state index in [0.29, 0.717) is 11.3 Å². The van der Waals surface area contributed by atoms with Crippen LogP contribution >= 0.6 is 11.6 Å². The number of hydrogen-bond acceptors (Lipinski definition) is 2. The Kier molecular flexibility index (Phi) is 3.85. The molecule has 1 aromatic heterocycles. The summed E-state index contributed by atoms with van der Waals surface area (Å²) in [5.74, 6) is -0.602. The third-order valence-electron chi connectivity index (χ3n) is 2.58. The molecule has 0 aliphatic carbocycles. The summed E-state index contributed by atoms with van der Waals surface area (Å²) in [7, 11) is 0. The number of alkyl halides is 3. The fourth-order valence-electron chi connectivity index (χ4n) is 1.59. The Hall–Kier alpha value is -1.82. The number of nitrogens with one attached hydrogen (secondary N) is 1. The molecule has 1 N–H and O–H groups in total. The van der Waals surface area contributed by atoms with E-state index in [-0.39, 0.29) is 11.0 Å². The third-order valence-corrected chi connectivity index (χ3v) is 2.78. The first-order valence-corrected chi connectivity index (χ1v) is 5.91. The maximum absolute atomic E-state index is 13.1. The van der Waals surface area contributed by atoms with E-state index in [1.54, 1.807) is 6.92 Å². The van der Waals surface area contributed by atoms with E-state index >= 15 is 0 Å². The molecule has 106 valence electrons. The van der Waals surface area contributed by atoms with Crippen molar-refractivity contribution < 1.29 is 17.6 Å². The second-order valence-electron chi connectivity index (χ2n) is 4.15. The summed E-state index contributed by atoms with van der Waals surface area (Å²) in [6.07, 6.45) is -4.53. The molecule has 0 amide bonds. The van der Waals surface area contributed by atoms with Crippen molar-refractivity contribution in [1.82, 2.24) is 4.98 Å². The summed E-state index contributed by atoms with van der Waals surface area (Å²) < 4.78 is 51.1. The summed E-state index contributed by atoms with van der Waals surface area (Å²) in [4.78, 5) is 3.75. The van der Waals surface area contributed by atoms with Gasteiger partial charge in [0.25, 0.3) is 0 Å². The first-order valence-electron chi connectivity index (χ1n) is 5.53. The van der Waals surface area contributed by atoms with Crippen LogP contribution in [0.4, 0.5) is 29.1 Å². The molecule has 0 aliphatic rings. The summed E-state index contributed by atoms with van der Waals surface area (Å²) in [6.45, 7) is 1.69. The van der Waals surface area contributed by atoms with E-state index < -0.39 is 17.6 Å². The highest BCUT2D eigenvalue weighted by atomic mass is 35.5. The topological polar surface area (TPSA) is 24.9 Å². The van der Waals surface area contributed by atoms with Crippen molar-refractivity contribution in [1.29, 1.82) is 0 Å². The smallest absolute Gasteiger partial charge is 0.340 e. The van der Waals surface area contributed by atoms with Gasteiger partial charge in [0.2, 0.25) is 0 Å². The Morgan fingerprint density at radius 1 is 1.15 bits per heavy atom. The van der Waals surface area contributed by atoms with Crippen LogP contribution in [0.25, 0.3) is 0 Å². The van der Waals surface area contributed by atoms with Crippen molar-refractivity contribution in [3.8, 4) is 0 Å². The van der Waals surface area contributed by atoms with E-state index in [2.05, 4.69) is 10.3 Å². The summed E-state index contributed by atoms with van der Waals surface area (Å²) in [6, 6.07) is 5.48. The van der Waals surface area contributed by atoms with Gasteiger partial charge in [0.15, 0.2) is 0 Å². The largest absolute Gasteiger partial charge is 0.416 e. The van der Waals surface area contributed by atoms with Gasteiger partial charge < -0.3 is 5.32 Å². The van der Waals surface area contributed by atoms with E-state index in [9.17, 15) is 17.6 Å². The van der Waals surface area contributed by atoms with Crippen LogP contribution in [-0.2, 0) is 6.18 Å². The van der Waals surface area contributed by atoms with Crippen molar-refractivity contribution >= 4 is 23.1 Å². The first-order chi connectivity index (χ1) is 9.25. The van der Waals surface area contributed by atoms with E-state index in [0.717, 1.165) is 12.1 Å². The highest BCUT2D eigenvalue weighted by Crippen LogP contribution is 2.33.